The number of nitrogens with one attached hydrogen (secondary N) is 1. The van der Waals surface area contributed by atoms with Crippen molar-refractivity contribution >= 4 is 28.3 Å². The Bertz CT molecular complexity index is 1080. The summed E-state index contributed by atoms with van der Waals surface area (Å²) < 4.78 is 0. The van der Waals surface area contributed by atoms with E-state index in [1.54, 1.807) is 0 Å². The van der Waals surface area contributed by atoms with E-state index in [1.165, 1.54) is 16.9 Å². The maximum Gasteiger partial charge on any atom is 0.227 e. The van der Waals surface area contributed by atoms with Crippen LogP contribution in [0.4, 0.5) is 5.13 Å². The highest BCUT2D eigenvalue weighted by molar-refractivity contribution is 7.18. The van der Waals surface area contributed by atoms with E-state index >= 15 is 0 Å². The molecule has 0 spiro atoms. The number of anilines is 1. The lowest BCUT2D eigenvalue weighted by Gasteiger charge is -2.25. The number of amides is 2. The number of benzene rings is 2. The minimum absolute atomic E-state index is 0.101. The van der Waals surface area contributed by atoms with Crippen LogP contribution >= 0.6 is 11.3 Å². The molecule has 0 unspecified atom stereocenters. The maximum atomic E-state index is 13.1. The van der Waals surface area contributed by atoms with Crippen molar-refractivity contribution in [1.82, 2.24) is 15.1 Å². The number of carbonyl (C=O) groups is 2. The van der Waals surface area contributed by atoms with Crippen LogP contribution in [0.15, 0.2) is 54.6 Å². The van der Waals surface area contributed by atoms with Crippen molar-refractivity contribution in [2.75, 3.05) is 18.4 Å². The third kappa shape index (κ3) is 6.48. The number of hydrogen-bond acceptors (Lipinski definition) is 5. The van der Waals surface area contributed by atoms with Crippen molar-refractivity contribution < 1.29 is 9.59 Å². The second-order valence-corrected chi connectivity index (χ2v) is 9.60. The molecular weight excluding hydrogens is 432 g/mol. The van der Waals surface area contributed by atoms with Crippen molar-refractivity contribution in [3.05, 3.63) is 65.7 Å². The van der Waals surface area contributed by atoms with Crippen LogP contribution in [0.1, 0.15) is 43.2 Å². The lowest BCUT2D eigenvalue weighted by atomic mass is 10.1. The smallest absolute Gasteiger partial charge is 0.227 e. The van der Waals surface area contributed by atoms with Crippen LogP contribution in [-0.4, -0.2) is 40.0 Å². The summed E-state index contributed by atoms with van der Waals surface area (Å²) in [4.78, 5) is 27.6. The van der Waals surface area contributed by atoms with E-state index in [0.717, 1.165) is 48.2 Å². The van der Waals surface area contributed by atoms with E-state index in [2.05, 4.69) is 27.6 Å². The van der Waals surface area contributed by atoms with Crippen LogP contribution in [0.5, 0.6) is 0 Å². The molecule has 0 saturated heterocycles. The van der Waals surface area contributed by atoms with Gasteiger partial charge in [0.1, 0.15) is 5.01 Å². The summed E-state index contributed by atoms with van der Waals surface area (Å²) in [6.45, 7) is 3.07. The zero-order chi connectivity index (χ0) is 23.0. The van der Waals surface area contributed by atoms with Crippen LogP contribution in [0.2, 0.25) is 0 Å². The van der Waals surface area contributed by atoms with Gasteiger partial charge in [0, 0.05) is 31.0 Å². The molecule has 6 nitrogen and oxygen atoms in total. The highest BCUT2D eigenvalue weighted by Crippen LogP contribution is 2.28. The van der Waals surface area contributed by atoms with Gasteiger partial charge < -0.3 is 10.2 Å². The van der Waals surface area contributed by atoms with Gasteiger partial charge in [0.15, 0.2) is 0 Å². The van der Waals surface area contributed by atoms with Crippen molar-refractivity contribution in [2.24, 2.45) is 5.92 Å². The molecule has 7 heteroatoms. The minimum atomic E-state index is -0.147. The number of nitrogens with zero attached hydrogens (tertiary/aromatic N) is 3. The van der Waals surface area contributed by atoms with Crippen molar-refractivity contribution in [3.8, 4) is 10.6 Å². The molecule has 0 aliphatic heterocycles. The summed E-state index contributed by atoms with van der Waals surface area (Å²) in [5.41, 5.74) is 3.33. The fraction of sp³-hybridized carbons (Fsp3) is 0.385. The Hall–Kier alpha value is -3.06. The van der Waals surface area contributed by atoms with E-state index in [4.69, 9.17) is 0 Å². The molecule has 1 aromatic heterocycles. The van der Waals surface area contributed by atoms with E-state index in [9.17, 15) is 9.59 Å². The number of rotatable bonds is 9. The van der Waals surface area contributed by atoms with Crippen molar-refractivity contribution in [2.45, 2.75) is 45.4 Å². The second kappa shape index (κ2) is 11.2. The van der Waals surface area contributed by atoms with Crippen molar-refractivity contribution in [1.29, 1.82) is 0 Å². The lowest BCUT2D eigenvalue weighted by molar-refractivity contribution is -0.135. The molecule has 1 fully saturated rings. The first-order valence-corrected chi connectivity index (χ1v) is 12.4. The van der Waals surface area contributed by atoms with Crippen LogP contribution in [0.3, 0.4) is 0 Å². The maximum absolute atomic E-state index is 13.1. The zero-order valence-corrected chi connectivity index (χ0v) is 19.8. The van der Waals surface area contributed by atoms with Crippen LogP contribution in [0, 0.1) is 12.8 Å². The lowest BCUT2D eigenvalue weighted by Crippen LogP contribution is -2.38. The average molecular weight is 463 g/mol. The number of hydrogen-bond donors (Lipinski definition) is 1. The SMILES string of the molecule is Cc1cccc(-c2nnc(NC(=O)CCN(CCc3ccccc3)C(=O)C3CCCC3)s2)c1. The zero-order valence-electron chi connectivity index (χ0n) is 19.0. The topological polar surface area (TPSA) is 75.2 Å². The van der Waals surface area contributed by atoms with E-state index in [-0.39, 0.29) is 24.2 Å². The predicted molar refractivity (Wildman–Crippen MR) is 132 cm³/mol. The Morgan fingerprint density at radius 3 is 2.58 bits per heavy atom. The van der Waals surface area contributed by atoms with Gasteiger partial charge in [0.05, 0.1) is 0 Å². The molecule has 172 valence electrons. The van der Waals surface area contributed by atoms with Crippen LogP contribution < -0.4 is 5.32 Å². The first-order chi connectivity index (χ1) is 16.1. The fourth-order valence-corrected chi connectivity index (χ4v) is 5.01. The number of carbonyl (C=O) groups excluding carboxylic acids is 2. The van der Waals surface area contributed by atoms with Crippen LogP contribution in [-0.2, 0) is 16.0 Å². The van der Waals surface area contributed by atoms with Gasteiger partial charge in [-0.2, -0.15) is 0 Å². The third-order valence-electron chi connectivity index (χ3n) is 6.07. The molecule has 1 heterocycles. The van der Waals surface area contributed by atoms with Gasteiger partial charge in [-0.25, -0.2) is 0 Å². The summed E-state index contributed by atoms with van der Waals surface area (Å²) in [6.07, 6.45) is 5.18. The van der Waals surface area contributed by atoms with Gasteiger partial charge in [-0.1, -0.05) is 78.3 Å². The largest absolute Gasteiger partial charge is 0.342 e. The van der Waals surface area contributed by atoms with Crippen LogP contribution in [0.25, 0.3) is 10.6 Å². The predicted octanol–water partition coefficient (Wildman–Crippen LogP) is 5.10. The second-order valence-electron chi connectivity index (χ2n) is 8.62. The molecule has 33 heavy (non-hydrogen) atoms. The summed E-state index contributed by atoms with van der Waals surface area (Å²) in [5, 5.41) is 12.4. The molecule has 3 aromatic rings. The Kier molecular flexibility index (Phi) is 7.83. The number of aromatic nitrogens is 2. The summed E-state index contributed by atoms with van der Waals surface area (Å²) in [6, 6.07) is 18.2. The third-order valence-corrected chi connectivity index (χ3v) is 6.96. The van der Waals surface area contributed by atoms with Gasteiger partial charge in [-0.15, -0.1) is 10.2 Å². The molecule has 1 aliphatic rings. The quantitative estimate of drug-likeness (QED) is 0.480. The van der Waals surface area contributed by atoms with Gasteiger partial charge >= 0.3 is 0 Å². The molecule has 1 N–H and O–H groups in total. The van der Waals surface area contributed by atoms with Crippen molar-refractivity contribution in [3.63, 3.8) is 0 Å². The van der Waals surface area contributed by atoms with E-state index in [0.29, 0.717) is 18.2 Å². The van der Waals surface area contributed by atoms with Gasteiger partial charge in [-0.3, -0.25) is 9.59 Å². The molecule has 0 bridgehead atoms. The Morgan fingerprint density at radius 1 is 1.03 bits per heavy atom. The van der Waals surface area contributed by atoms with E-state index < -0.39 is 0 Å². The molecular formula is C26H30N4O2S. The molecule has 1 aliphatic carbocycles. The first-order valence-electron chi connectivity index (χ1n) is 11.6. The van der Waals surface area contributed by atoms with E-state index in [1.807, 2.05) is 54.3 Å². The average Bonchev–Trinajstić information content (AvgIpc) is 3.52. The molecule has 0 atom stereocenters. The summed E-state index contributed by atoms with van der Waals surface area (Å²) >= 11 is 1.36. The Labute approximate surface area is 199 Å². The molecule has 4 rings (SSSR count). The van der Waals surface area contributed by atoms with Gasteiger partial charge in [0.2, 0.25) is 16.9 Å². The normalized spacial score (nSPS) is 13.7. The Balaban J connectivity index is 1.34. The monoisotopic (exact) mass is 462 g/mol. The van der Waals surface area contributed by atoms with Gasteiger partial charge in [-0.05, 0) is 37.8 Å². The van der Waals surface area contributed by atoms with Gasteiger partial charge in [0.25, 0.3) is 0 Å². The standard InChI is InChI=1S/C26H30N4O2S/c1-19-8-7-13-22(18-19)24-28-29-26(33-24)27-23(31)15-17-30(25(32)21-11-5-6-12-21)16-14-20-9-3-2-4-10-20/h2-4,7-10,13,18,21H,5-6,11-12,14-17H2,1H3,(H,27,29,31). The fourth-order valence-electron chi connectivity index (χ4n) is 4.26. The number of aryl methyl sites for hydroxylation is 1. The highest BCUT2D eigenvalue weighted by atomic mass is 32.1. The summed E-state index contributed by atoms with van der Waals surface area (Å²) in [5.74, 6) is 0.142. The highest BCUT2D eigenvalue weighted by Gasteiger charge is 2.27. The molecule has 0 radical (unpaired) electrons. The molecule has 2 aromatic carbocycles. The Morgan fingerprint density at radius 2 is 1.82 bits per heavy atom. The molecule has 2 amide bonds. The molecule has 1 saturated carbocycles. The summed E-state index contributed by atoms with van der Waals surface area (Å²) in [7, 11) is 0. The first kappa shape index (κ1) is 23.1. The minimum Gasteiger partial charge on any atom is -0.342 e.